The Morgan fingerprint density at radius 3 is 2.56 bits per heavy atom. The van der Waals surface area contributed by atoms with Crippen molar-refractivity contribution in [2.45, 2.75) is 37.0 Å². The van der Waals surface area contributed by atoms with Gasteiger partial charge >= 0.3 is 0 Å². The zero-order chi connectivity index (χ0) is 27.5. The fraction of sp³-hybridized carbons (Fsp3) is 0.241. The van der Waals surface area contributed by atoms with E-state index in [0.717, 1.165) is 33.0 Å². The van der Waals surface area contributed by atoms with Crippen LogP contribution in [0, 0.1) is 6.92 Å². The highest BCUT2D eigenvalue weighted by atomic mass is 32.2. The number of fused-ring (bicyclic) bond motifs is 3. The number of benzene rings is 3. The van der Waals surface area contributed by atoms with E-state index in [1.54, 1.807) is 31.0 Å². The Balaban J connectivity index is 1.52. The van der Waals surface area contributed by atoms with Crippen molar-refractivity contribution in [3.8, 4) is 22.9 Å². The summed E-state index contributed by atoms with van der Waals surface area (Å²) < 4.78 is 7.51. The number of thioether (sulfide) groups is 1. The maximum Gasteiger partial charge on any atom is 0.222 e. The lowest BCUT2D eigenvalue weighted by atomic mass is 10.00. The minimum atomic E-state index is -0.526. The van der Waals surface area contributed by atoms with Crippen LogP contribution in [-0.4, -0.2) is 50.3 Å². The zero-order valence-electron chi connectivity index (χ0n) is 21.9. The molecule has 9 nitrogen and oxygen atoms in total. The molecule has 1 aliphatic rings. The molecule has 0 saturated heterocycles. The number of nitrogens with zero attached hydrogens (tertiary/aromatic N) is 4. The van der Waals surface area contributed by atoms with E-state index in [4.69, 9.17) is 9.73 Å². The lowest BCUT2D eigenvalue weighted by Gasteiger charge is -2.14. The molecule has 0 unspecified atom stereocenters. The first kappa shape index (κ1) is 26.3. The molecule has 1 atom stereocenters. The van der Waals surface area contributed by atoms with Crippen molar-refractivity contribution in [3.05, 3.63) is 89.0 Å². The quantitative estimate of drug-likeness (QED) is 0.217. The lowest BCUT2D eigenvalue weighted by Crippen LogP contribution is -2.25. The molecule has 5 rings (SSSR count). The van der Waals surface area contributed by atoms with Crippen molar-refractivity contribution < 1.29 is 19.7 Å². The van der Waals surface area contributed by atoms with Gasteiger partial charge in [0.15, 0.2) is 17.3 Å². The van der Waals surface area contributed by atoms with Gasteiger partial charge in [0.2, 0.25) is 5.91 Å². The Bertz CT molecular complexity index is 1550. The molecule has 1 amide bonds. The molecule has 39 heavy (non-hydrogen) atoms. The number of carbonyl (C=O) groups is 1. The summed E-state index contributed by atoms with van der Waals surface area (Å²) in [7, 11) is 1.63. The van der Waals surface area contributed by atoms with Crippen LogP contribution in [0.5, 0.6) is 17.2 Å². The number of nitrogens with one attached hydrogen (secondary N) is 1. The molecule has 0 radical (unpaired) electrons. The molecule has 4 aromatic rings. The van der Waals surface area contributed by atoms with E-state index in [9.17, 15) is 15.0 Å². The fourth-order valence-electron chi connectivity index (χ4n) is 4.55. The Morgan fingerprint density at radius 2 is 1.85 bits per heavy atom. The van der Waals surface area contributed by atoms with Crippen molar-refractivity contribution >= 4 is 23.4 Å². The SMILES string of the molecule is CCNC(=O)C[C@@H]1N=C(c2ccc(SCc3ccc(O)c(O)c3)cc2)c2cc(OC)ccc2-n2c(C)nnc21. The number of aliphatic imine (C=N–C) groups is 1. The van der Waals surface area contributed by atoms with Gasteiger partial charge in [0.25, 0.3) is 0 Å². The number of carbonyl (C=O) groups excluding carboxylic acids is 1. The van der Waals surface area contributed by atoms with E-state index in [0.29, 0.717) is 29.7 Å². The minimum absolute atomic E-state index is 0.103. The Hall–Kier alpha value is -4.31. The van der Waals surface area contributed by atoms with E-state index in [1.165, 1.54) is 6.07 Å². The zero-order valence-corrected chi connectivity index (χ0v) is 22.7. The molecule has 0 aliphatic carbocycles. The second kappa shape index (κ2) is 11.2. The van der Waals surface area contributed by atoms with Gasteiger partial charge < -0.3 is 20.3 Å². The van der Waals surface area contributed by atoms with Gasteiger partial charge in [-0.15, -0.1) is 22.0 Å². The van der Waals surface area contributed by atoms with Gasteiger partial charge in [-0.3, -0.25) is 14.4 Å². The standard InChI is InChI=1S/C29H29N5O4S/c1-4-30-27(37)15-23-29-33-32-17(2)34(29)24-11-8-20(38-3)14-22(24)28(31-23)19-6-9-21(10-7-19)39-16-18-5-12-25(35)26(36)13-18/h5-14,23,35-36H,4,15-16H2,1-3H3,(H,30,37)/t23-/m0/s1. The summed E-state index contributed by atoms with van der Waals surface area (Å²) >= 11 is 1.62. The minimum Gasteiger partial charge on any atom is -0.504 e. The number of hydrogen-bond donors (Lipinski definition) is 3. The maximum absolute atomic E-state index is 12.6. The van der Waals surface area contributed by atoms with Crippen LogP contribution in [-0.2, 0) is 10.5 Å². The molecule has 0 fully saturated rings. The van der Waals surface area contributed by atoms with Gasteiger partial charge in [0, 0.05) is 28.3 Å². The fourth-order valence-corrected chi connectivity index (χ4v) is 5.39. The highest BCUT2D eigenvalue weighted by Gasteiger charge is 2.30. The second-order valence-electron chi connectivity index (χ2n) is 9.11. The number of phenols is 2. The molecule has 1 aliphatic heterocycles. The molecule has 3 aromatic carbocycles. The van der Waals surface area contributed by atoms with Crippen LogP contribution < -0.4 is 10.1 Å². The Labute approximate surface area is 230 Å². The predicted molar refractivity (Wildman–Crippen MR) is 150 cm³/mol. The van der Waals surface area contributed by atoms with E-state index in [1.807, 2.05) is 60.9 Å². The van der Waals surface area contributed by atoms with Gasteiger partial charge in [-0.2, -0.15) is 0 Å². The summed E-state index contributed by atoms with van der Waals surface area (Å²) in [5.41, 5.74) is 4.27. The van der Waals surface area contributed by atoms with Crippen molar-refractivity contribution in [2.75, 3.05) is 13.7 Å². The third-order valence-corrected chi connectivity index (χ3v) is 7.54. The number of methoxy groups -OCH3 is 1. The number of rotatable bonds is 8. The van der Waals surface area contributed by atoms with Crippen LogP contribution in [0.15, 0.2) is 70.6 Å². The Kier molecular flexibility index (Phi) is 7.56. The lowest BCUT2D eigenvalue weighted by molar-refractivity contribution is -0.121. The summed E-state index contributed by atoms with van der Waals surface area (Å²) in [6.45, 7) is 4.31. The number of amides is 1. The van der Waals surface area contributed by atoms with E-state index in [-0.39, 0.29) is 23.8 Å². The van der Waals surface area contributed by atoms with Crippen molar-refractivity contribution in [3.63, 3.8) is 0 Å². The maximum atomic E-state index is 12.6. The number of aryl methyl sites for hydroxylation is 1. The molecule has 0 saturated carbocycles. The molecule has 10 heteroatoms. The normalized spacial score (nSPS) is 14.1. The monoisotopic (exact) mass is 543 g/mol. The van der Waals surface area contributed by atoms with E-state index >= 15 is 0 Å². The number of hydrogen-bond acceptors (Lipinski definition) is 8. The third-order valence-electron chi connectivity index (χ3n) is 6.46. The number of aromatic nitrogens is 3. The average molecular weight is 544 g/mol. The largest absolute Gasteiger partial charge is 0.504 e. The van der Waals surface area contributed by atoms with Gasteiger partial charge in [0.1, 0.15) is 17.6 Å². The topological polar surface area (TPSA) is 122 Å². The molecule has 1 aromatic heterocycles. The summed E-state index contributed by atoms with van der Waals surface area (Å²) in [6.07, 6.45) is 0.147. The first-order valence-electron chi connectivity index (χ1n) is 12.6. The molecule has 0 bridgehead atoms. The van der Waals surface area contributed by atoms with Crippen molar-refractivity contribution in [2.24, 2.45) is 4.99 Å². The Morgan fingerprint density at radius 1 is 1.05 bits per heavy atom. The summed E-state index contributed by atoms with van der Waals surface area (Å²) in [5, 5.41) is 30.9. The number of ether oxygens (including phenoxy) is 1. The van der Waals surface area contributed by atoms with E-state index in [2.05, 4.69) is 15.5 Å². The summed E-state index contributed by atoms with van der Waals surface area (Å²) in [4.78, 5) is 18.8. The van der Waals surface area contributed by atoms with Crippen molar-refractivity contribution in [1.82, 2.24) is 20.1 Å². The first-order valence-corrected chi connectivity index (χ1v) is 13.6. The molecular formula is C29H29N5O4S. The molecule has 3 N–H and O–H groups in total. The van der Waals surface area contributed by atoms with Gasteiger partial charge in [-0.25, -0.2) is 0 Å². The predicted octanol–water partition coefficient (Wildman–Crippen LogP) is 4.71. The molecular weight excluding hydrogens is 514 g/mol. The van der Waals surface area contributed by atoms with E-state index < -0.39 is 6.04 Å². The molecule has 200 valence electrons. The summed E-state index contributed by atoms with van der Waals surface area (Å²) in [5.74, 6) is 2.29. The third kappa shape index (κ3) is 5.46. The van der Waals surface area contributed by atoms with Gasteiger partial charge in [-0.05, 0) is 61.9 Å². The number of phenolic OH excluding ortho intramolecular Hbond substituents is 2. The highest BCUT2D eigenvalue weighted by molar-refractivity contribution is 7.98. The van der Waals surface area contributed by atoms with Crippen LogP contribution in [0.25, 0.3) is 5.69 Å². The second-order valence-corrected chi connectivity index (χ2v) is 10.2. The first-order chi connectivity index (χ1) is 18.9. The van der Waals surface area contributed by atoms with Crippen LogP contribution in [0.4, 0.5) is 0 Å². The van der Waals surface area contributed by atoms with Crippen molar-refractivity contribution in [1.29, 1.82) is 0 Å². The van der Waals surface area contributed by atoms with Crippen LogP contribution in [0.2, 0.25) is 0 Å². The molecule has 2 heterocycles. The van der Waals surface area contributed by atoms with Crippen LogP contribution in [0.3, 0.4) is 0 Å². The average Bonchev–Trinajstić information content (AvgIpc) is 3.26. The number of aromatic hydroxyl groups is 2. The van der Waals surface area contributed by atoms with Crippen LogP contribution >= 0.6 is 11.8 Å². The van der Waals surface area contributed by atoms with Crippen LogP contribution in [0.1, 0.15) is 47.7 Å². The van der Waals surface area contributed by atoms with Gasteiger partial charge in [-0.1, -0.05) is 18.2 Å². The highest BCUT2D eigenvalue weighted by Crippen LogP contribution is 2.35. The smallest absolute Gasteiger partial charge is 0.222 e. The summed E-state index contributed by atoms with van der Waals surface area (Å²) in [6, 6.07) is 18.2. The van der Waals surface area contributed by atoms with Gasteiger partial charge in [0.05, 0.1) is 24.9 Å². The molecule has 0 spiro atoms.